The zero-order chi connectivity index (χ0) is 16.6. The average Bonchev–Trinajstić information content (AvgIpc) is 2.65. The number of quaternary nitrogens is 1. The maximum atomic E-state index is 12.5. The summed E-state index contributed by atoms with van der Waals surface area (Å²) in [6.45, 7) is -0.129. The van der Waals surface area contributed by atoms with Crippen molar-refractivity contribution in [2.24, 2.45) is 10.7 Å². The summed E-state index contributed by atoms with van der Waals surface area (Å²) in [6.07, 6.45) is 0. The van der Waals surface area contributed by atoms with Crippen LogP contribution in [0.25, 0.3) is 0 Å². The third kappa shape index (κ3) is 2.44. The molecular formula is C17H15ClN3O2+. The molecule has 0 aromatic heterocycles. The zero-order valence-electron chi connectivity index (χ0n) is 12.5. The number of nitrogens with zero attached hydrogens (tertiary/aromatic N) is 2. The van der Waals surface area contributed by atoms with Crippen molar-refractivity contribution >= 4 is 34.9 Å². The molecule has 1 atom stereocenters. The molecule has 1 aliphatic rings. The van der Waals surface area contributed by atoms with Crippen LogP contribution < -0.4 is 10.2 Å². The van der Waals surface area contributed by atoms with Gasteiger partial charge in [-0.15, -0.1) is 4.48 Å². The van der Waals surface area contributed by atoms with Gasteiger partial charge < -0.3 is 5.73 Å². The Balaban J connectivity index is 2.32. The highest BCUT2D eigenvalue weighted by molar-refractivity contribution is 6.32. The van der Waals surface area contributed by atoms with Gasteiger partial charge in [-0.05, 0) is 12.1 Å². The van der Waals surface area contributed by atoms with Gasteiger partial charge in [0.2, 0.25) is 0 Å². The molecule has 23 heavy (non-hydrogen) atoms. The zero-order valence-corrected chi connectivity index (χ0v) is 13.2. The van der Waals surface area contributed by atoms with Gasteiger partial charge in [-0.2, -0.15) is 0 Å². The van der Waals surface area contributed by atoms with Crippen LogP contribution in [0.3, 0.4) is 0 Å². The Morgan fingerprint density at radius 3 is 2.57 bits per heavy atom. The lowest BCUT2D eigenvalue weighted by molar-refractivity contribution is -0.125. The average molecular weight is 329 g/mol. The minimum absolute atomic E-state index is 0.129. The van der Waals surface area contributed by atoms with E-state index in [-0.39, 0.29) is 12.5 Å². The number of carbonyl (C=O) groups is 2. The van der Waals surface area contributed by atoms with E-state index in [0.717, 1.165) is 5.56 Å². The molecule has 0 fully saturated rings. The maximum Gasteiger partial charge on any atom is 0.426 e. The highest BCUT2D eigenvalue weighted by Crippen LogP contribution is 2.33. The highest BCUT2D eigenvalue weighted by Gasteiger charge is 2.45. The van der Waals surface area contributed by atoms with E-state index in [2.05, 4.69) is 4.99 Å². The minimum Gasteiger partial charge on any atom is -0.318 e. The van der Waals surface area contributed by atoms with Gasteiger partial charge in [0, 0.05) is 16.7 Å². The Bertz CT molecular complexity index is 833. The Hall–Kier alpha value is -2.50. The molecule has 5 nitrogen and oxygen atoms in total. The van der Waals surface area contributed by atoms with Crippen molar-refractivity contribution in [1.29, 1.82) is 0 Å². The number of nitrogens with two attached hydrogens (primary N) is 1. The molecule has 1 aliphatic heterocycles. The molecule has 116 valence electrons. The van der Waals surface area contributed by atoms with Crippen LogP contribution in [0, 0.1) is 0 Å². The number of halogens is 1. The first-order valence-electron chi connectivity index (χ1n) is 7.05. The van der Waals surface area contributed by atoms with Crippen LogP contribution in [0.1, 0.15) is 11.1 Å². The second-order valence-corrected chi connectivity index (χ2v) is 5.87. The Labute approximate surface area is 138 Å². The van der Waals surface area contributed by atoms with Gasteiger partial charge in [0.25, 0.3) is 0 Å². The molecule has 0 saturated carbocycles. The summed E-state index contributed by atoms with van der Waals surface area (Å²) in [5.74, 6) is -0.382. The fourth-order valence-corrected chi connectivity index (χ4v) is 2.85. The summed E-state index contributed by atoms with van der Waals surface area (Å²) in [5.41, 5.74) is 8.11. The number of primary amides is 1. The van der Waals surface area contributed by atoms with Crippen molar-refractivity contribution in [2.75, 3.05) is 13.6 Å². The van der Waals surface area contributed by atoms with Crippen molar-refractivity contribution in [2.45, 2.75) is 0 Å². The number of rotatable bonds is 1. The number of hydrogen-bond acceptors (Lipinski definition) is 3. The monoisotopic (exact) mass is 328 g/mol. The van der Waals surface area contributed by atoms with Gasteiger partial charge in [0.1, 0.15) is 0 Å². The molecule has 3 amide bonds. The number of fused-ring (bicyclic) bond motifs is 1. The molecule has 0 radical (unpaired) electrons. The van der Waals surface area contributed by atoms with Gasteiger partial charge in [-0.1, -0.05) is 41.9 Å². The lowest BCUT2D eigenvalue weighted by Gasteiger charge is -2.26. The largest absolute Gasteiger partial charge is 0.426 e. The van der Waals surface area contributed by atoms with E-state index >= 15 is 0 Å². The molecule has 2 aromatic rings. The smallest absolute Gasteiger partial charge is 0.318 e. The van der Waals surface area contributed by atoms with Crippen LogP contribution in [-0.2, 0) is 4.79 Å². The van der Waals surface area contributed by atoms with Gasteiger partial charge in [-0.3, -0.25) is 4.99 Å². The van der Waals surface area contributed by atoms with Crippen LogP contribution in [0.15, 0.2) is 53.5 Å². The van der Waals surface area contributed by atoms with E-state index in [0.29, 0.717) is 22.0 Å². The lowest BCUT2D eigenvalue weighted by Crippen LogP contribution is -2.59. The number of carbonyl (C=O) groups excluding carboxylic acids is 2. The minimum atomic E-state index is -0.747. The van der Waals surface area contributed by atoms with Gasteiger partial charge in [0.05, 0.1) is 18.3 Å². The SMILES string of the molecule is C[N+]1(C(N)=O)C(=O)CN=C(c2ccccc2)c2cc(Cl)ccc21. The van der Waals surface area contributed by atoms with E-state index < -0.39 is 10.5 Å². The third-order valence-electron chi connectivity index (χ3n) is 4.05. The standard InChI is InChI=1S/C17H14ClN3O2/c1-21(17(19)23)14-8-7-12(18)9-13(14)16(20-10-15(21)22)11-5-3-2-4-6-11/h2-9H,10H2,1H3,(H-,19,23)/p+1. The van der Waals surface area contributed by atoms with Crippen LogP contribution in [0.4, 0.5) is 10.5 Å². The van der Waals surface area contributed by atoms with Gasteiger partial charge in [-0.25, -0.2) is 9.59 Å². The number of likely N-dealkylation sites (N-methyl/N-ethyl adjacent to an activating group) is 1. The van der Waals surface area contributed by atoms with Gasteiger partial charge >= 0.3 is 11.9 Å². The van der Waals surface area contributed by atoms with Crippen LogP contribution in [-0.4, -0.2) is 31.2 Å². The maximum absolute atomic E-state index is 12.5. The Morgan fingerprint density at radius 1 is 1.22 bits per heavy atom. The first kappa shape index (κ1) is 15.4. The summed E-state index contributed by atoms with van der Waals surface area (Å²) in [4.78, 5) is 29.0. The fraction of sp³-hybridized carbons (Fsp3) is 0.118. The summed E-state index contributed by atoms with van der Waals surface area (Å²) >= 11 is 6.13. The van der Waals surface area contributed by atoms with E-state index in [1.54, 1.807) is 18.2 Å². The normalized spacial score (nSPS) is 20.4. The first-order chi connectivity index (χ1) is 10.9. The first-order valence-corrected chi connectivity index (χ1v) is 7.42. The van der Waals surface area contributed by atoms with Crippen LogP contribution >= 0.6 is 11.6 Å². The Morgan fingerprint density at radius 2 is 1.91 bits per heavy atom. The summed E-state index contributed by atoms with van der Waals surface area (Å²) in [6, 6.07) is 13.7. The molecule has 0 aliphatic carbocycles. The number of benzene rings is 2. The number of imide groups is 1. The quantitative estimate of drug-likeness (QED) is 0.817. The lowest BCUT2D eigenvalue weighted by atomic mass is 9.99. The van der Waals surface area contributed by atoms with Crippen LogP contribution in [0.5, 0.6) is 0 Å². The van der Waals surface area contributed by atoms with Crippen molar-refractivity contribution in [3.05, 3.63) is 64.7 Å². The number of hydrogen-bond donors (Lipinski definition) is 1. The molecule has 0 bridgehead atoms. The van der Waals surface area contributed by atoms with E-state index in [9.17, 15) is 9.59 Å². The number of urea groups is 1. The molecule has 6 heteroatoms. The molecule has 2 aromatic carbocycles. The van der Waals surface area contributed by atoms with Crippen molar-refractivity contribution in [1.82, 2.24) is 4.48 Å². The van der Waals surface area contributed by atoms with E-state index in [4.69, 9.17) is 17.3 Å². The van der Waals surface area contributed by atoms with Gasteiger partial charge in [0.15, 0.2) is 12.2 Å². The second-order valence-electron chi connectivity index (χ2n) is 5.43. The summed E-state index contributed by atoms with van der Waals surface area (Å²) in [7, 11) is 1.49. The van der Waals surface area contributed by atoms with Crippen molar-refractivity contribution < 1.29 is 9.59 Å². The summed E-state index contributed by atoms with van der Waals surface area (Å²) in [5, 5.41) is 0.498. The van der Waals surface area contributed by atoms with Crippen molar-refractivity contribution in [3.63, 3.8) is 0 Å². The van der Waals surface area contributed by atoms with E-state index in [1.807, 2.05) is 30.3 Å². The molecule has 1 unspecified atom stereocenters. The summed E-state index contributed by atoms with van der Waals surface area (Å²) < 4.78 is -0.633. The molecule has 0 saturated heterocycles. The fourth-order valence-electron chi connectivity index (χ4n) is 2.68. The molecule has 0 spiro atoms. The number of amides is 3. The van der Waals surface area contributed by atoms with E-state index in [1.165, 1.54) is 7.05 Å². The molecule has 1 heterocycles. The molecule has 2 N–H and O–H groups in total. The van der Waals surface area contributed by atoms with Crippen LogP contribution in [0.2, 0.25) is 5.02 Å². The third-order valence-corrected chi connectivity index (χ3v) is 4.29. The predicted molar refractivity (Wildman–Crippen MR) is 90.7 cm³/mol. The number of benzodiazepines with no additional fused rings is 1. The highest BCUT2D eigenvalue weighted by atomic mass is 35.5. The van der Waals surface area contributed by atoms with Crippen molar-refractivity contribution in [3.8, 4) is 0 Å². The topological polar surface area (TPSA) is 72.5 Å². The Kier molecular flexibility index (Phi) is 3.75. The molecule has 3 rings (SSSR count). The number of aliphatic imine (C=N–C) groups is 1. The molecular weight excluding hydrogens is 314 g/mol. The predicted octanol–water partition coefficient (Wildman–Crippen LogP) is 2.73. The second kappa shape index (κ2) is 5.61.